The number of fused-ring (bicyclic) bond motifs is 1. The van der Waals surface area contributed by atoms with Crippen LogP contribution in [0.1, 0.15) is 33.4 Å². The number of carbonyl (C=O) groups is 2. The Morgan fingerprint density at radius 3 is 2.76 bits per heavy atom. The van der Waals surface area contributed by atoms with Gasteiger partial charge in [-0.15, -0.1) is 0 Å². The normalized spacial score (nSPS) is 11.8. The Morgan fingerprint density at radius 1 is 1.24 bits per heavy atom. The summed E-state index contributed by atoms with van der Waals surface area (Å²) in [5, 5.41) is 4.51. The molecule has 2 aromatic heterocycles. The monoisotopic (exact) mass is 499 g/mol. The number of ether oxygens (including phenoxy) is 2. The zero-order valence-corrected chi connectivity index (χ0v) is 20.4. The molecule has 0 fully saturated rings. The molecular weight excluding hydrogens is 478 g/mol. The van der Waals surface area contributed by atoms with E-state index in [1.165, 1.54) is 11.3 Å². The van der Waals surface area contributed by atoms with Crippen LogP contribution in [0.5, 0.6) is 0 Å². The fourth-order valence-electron chi connectivity index (χ4n) is 3.50. The molecule has 0 aliphatic rings. The van der Waals surface area contributed by atoms with Gasteiger partial charge < -0.3 is 18.6 Å². The number of hydrogen-bond donors (Lipinski definition) is 0. The highest BCUT2D eigenvalue weighted by atomic mass is 35.5. The molecule has 0 aliphatic heterocycles. The van der Waals surface area contributed by atoms with Crippen LogP contribution in [0.3, 0.4) is 0 Å². The van der Waals surface area contributed by atoms with E-state index in [0.29, 0.717) is 45.6 Å². The summed E-state index contributed by atoms with van der Waals surface area (Å²) >= 11 is 7.62. The lowest BCUT2D eigenvalue weighted by Crippen LogP contribution is -2.19. The maximum absolute atomic E-state index is 13.3. The number of methoxy groups -OCH3 is 1. The van der Waals surface area contributed by atoms with Crippen molar-refractivity contribution in [2.75, 3.05) is 20.3 Å². The van der Waals surface area contributed by atoms with Gasteiger partial charge in [0, 0.05) is 19.2 Å². The average Bonchev–Trinajstić information content (AvgIpc) is 3.37. The summed E-state index contributed by atoms with van der Waals surface area (Å²) in [6.07, 6.45) is 0. The van der Waals surface area contributed by atoms with Gasteiger partial charge in [0.05, 0.1) is 34.0 Å². The van der Waals surface area contributed by atoms with Crippen LogP contribution in [-0.2, 0) is 16.0 Å². The molecule has 0 saturated heterocycles. The van der Waals surface area contributed by atoms with Crippen molar-refractivity contribution in [3.63, 3.8) is 0 Å². The zero-order chi connectivity index (χ0) is 24.2. The van der Waals surface area contributed by atoms with Gasteiger partial charge in [-0.25, -0.2) is 4.79 Å². The predicted molar refractivity (Wildman–Crippen MR) is 129 cm³/mol. The molecule has 2 heterocycles. The molecule has 0 saturated carbocycles. The van der Waals surface area contributed by atoms with Crippen molar-refractivity contribution in [3.8, 4) is 11.3 Å². The van der Waals surface area contributed by atoms with E-state index < -0.39 is 11.9 Å². The van der Waals surface area contributed by atoms with Crippen LogP contribution >= 0.6 is 22.9 Å². The fourth-order valence-corrected chi connectivity index (χ4v) is 4.82. The number of aryl methyl sites for hydroxylation is 1. The van der Waals surface area contributed by atoms with E-state index in [4.69, 9.17) is 25.6 Å². The molecule has 8 nitrogen and oxygen atoms in total. The van der Waals surface area contributed by atoms with Crippen molar-refractivity contribution in [2.24, 2.45) is 4.99 Å². The van der Waals surface area contributed by atoms with Gasteiger partial charge >= 0.3 is 5.97 Å². The molecule has 34 heavy (non-hydrogen) atoms. The summed E-state index contributed by atoms with van der Waals surface area (Å²) in [6.45, 7) is 4.60. The highest BCUT2D eigenvalue weighted by Crippen LogP contribution is 2.31. The van der Waals surface area contributed by atoms with Gasteiger partial charge in [-0.3, -0.25) is 4.79 Å². The van der Waals surface area contributed by atoms with Gasteiger partial charge in [0.25, 0.3) is 5.91 Å². The van der Waals surface area contributed by atoms with Gasteiger partial charge in [-0.05, 0) is 38.1 Å². The maximum Gasteiger partial charge on any atom is 0.338 e. The van der Waals surface area contributed by atoms with E-state index >= 15 is 0 Å². The molecule has 4 rings (SSSR count). The van der Waals surface area contributed by atoms with Crippen molar-refractivity contribution in [1.29, 1.82) is 0 Å². The van der Waals surface area contributed by atoms with Crippen molar-refractivity contribution in [3.05, 3.63) is 69.2 Å². The predicted octanol–water partition coefficient (Wildman–Crippen LogP) is 4.88. The first-order valence-electron chi connectivity index (χ1n) is 10.5. The molecule has 2 aromatic carbocycles. The van der Waals surface area contributed by atoms with Crippen LogP contribution < -0.4 is 4.80 Å². The molecule has 0 unspecified atom stereocenters. The van der Waals surface area contributed by atoms with Crippen LogP contribution in [0, 0.1) is 6.92 Å². The largest absolute Gasteiger partial charge is 0.462 e. The van der Waals surface area contributed by atoms with E-state index in [2.05, 4.69) is 10.1 Å². The third kappa shape index (κ3) is 4.68. The molecule has 4 aromatic rings. The van der Waals surface area contributed by atoms with Crippen molar-refractivity contribution >= 4 is 45.0 Å². The number of nitrogens with zero attached hydrogens (tertiary/aromatic N) is 3. The molecule has 176 valence electrons. The zero-order valence-electron chi connectivity index (χ0n) is 18.8. The van der Waals surface area contributed by atoms with E-state index in [1.807, 2.05) is 16.7 Å². The fraction of sp³-hybridized carbons (Fsp3) is 0.250. The highest BCUT2D eigenvalue weighted by Gasteiger charge is 2.23. The number of thiazole rings is 1. The summed E-state index contributed by atoms with van der Waals surface area (Å²) in [4.78, 5) is 30.4. The first kappa shape index (κ1) is 23.9. The minimum atomic E-state index is -0.503. The molecule has 0 atom stereocenters. The number of amides is 1. The van der Waals surface area contributed by atoms with E-state index in [1.54, 1.807) is 51.3 Å². The number of aromatic nitrogens is 2. The lowest BCUT2D eigenvalue weighted by molar-refractivity contribution is 0.0526. The van der Waals surface area contributed by atoms with E-state index in [-0.39, 0.29) is 12.2 Å². The molecule has 10 heteroatoms. The van der Waals surface area contributed by atoms with Crippen molar-refractivity contribution < 1.29 is 23.6 Å². The second-order valence-corrected chi connectivity index (χ2v) is 8.71. The number of carbonyl (C=O) groups excluding carboxylic acids is 2. The van der Waals surface area contributed by atoms with Crippen LogP contribution in [0.2, 0.25) is 5.02 Å². The minimum absolute atomic E-state index is 0.246. The third-order valence-corrected chi connectivity index (χ3v) is 6.49. The lowest BCUT2D eigenvalue weighted by Gasteiger charge is -2.05. The number of hydrogen-bond acceptors (Lipinski definition) is 7. The molecule has 1 amide bonds. The minimum Gasteiger partial charge on any atom is -0.462 e. The molecular formula is C24H22ClN3O5S. The average molecular weight is 500 g/mol. The standard InChI is InChI=1S/C24H22ClN3O5S/c1-4-32-23(30)15-9-10-18-19(13-15)34-24(28(18)11-12-31-3)26-22(29)20-14(2)33-27-21(20)16-7-5-6-8-17(16)25/h5-10,13H,4,11-12H2,1-3H3. The summed E-state index contributed by atoms with van der Waals surface area (Å²) < 4.78 is 18.3. The Bertz CT molecular complexity index is 1440. The maximum atomic E-state index is 13.3. The van der Waals surface area contributed by atoms with Gasteiger partial charge in [0.2, 0.25) is 0 Å². The number of benzene rings is 2. The van der Waals surface area contributed by atoms with Crippen LogP contribution in [-0.4, -0.2) is 41.9 Å². The Morgan fingerprint density at radius 2 is 2.03 bits per heavy atom. The number of halogens is 1. The molecule has 0 spiro atoms. The summed E-state index contributed by atoms with van der Waals surface area (Å²) in [6, 6.07) is 12.3. The molecule has 0 bridgehead atoms. The van der Waals surface area contributed by atoms with Crippen LogP contribution in [0.4, 0.5) is 0 Å². The second kappa shape index (κ2) is 10.3. The van der Waals surface area contributed by atoms with Gasteiger partial charge in [0.1, 0.15) is 17.0 Å². The quantitative estimate of drug-likeness (QED) is 0.336. The Hall–Kier alpha value is -3.27. The van der Waals surface area contributed by atoms with Crippen LogP contribution in [0.25, 0.3) is 21.5 Å². The molecule has 0 N–H and O–H groups in total. The molecule has 0 aliphatic carbocycles. The first-order chi connectivity index (χ1) is 16.4. The van der Waals surface area contributed by atoms with Gasteiger partial charge in [-0.2, -0.15) is 4.99 Å². The number of esters is 1. The Kier molecular flexibility index (Phi) is 7.26. The highest BCUT2D eigenvalue weighted by molar-refractivity contribution is 7.16. The Labute approximate surface area is 204 Å². The number of rotatable bonds is 7. The van der Waals surface area contributed by atoms with Crippen molar-refractivity contribution in [1.82, 2.24) is 9.72 Å². The van der Waals surface area contributed by atoms with Gasteiger partial charge in [-0.1, -0.05) is 46.3 Å². The topological polar surface area (TPSA) is 95.9 Å². The van der Waals surface area contributed by atoms with Crippen LogP contribution in [0.15, 0.2) is 52.0 Å². The van der Waals surface area contributed by atoms with Crippen molar-refractivity contribution in [2.45, 2.75) is 20.4 Å². The van der Waals surface area contributed by atoms with Gasteiger partial charge in [0.15, 0.2) is 4.80 Å². The SMILES string of the molecule is CCOC(=O)c1ccc2c(c1)sc(=NC(=O)c1c(-c3ccccc3Cl)noc1C)n2CCOC. The van der Waals surface area contributed by atoms with E-state index in [9.17, 15) is 9.59 Å². The summed E-state index contributed by atoms with van der Waals surface area (Å²) in [7, 11) is 1.60. The molecule has 0 radical (unpaired) electrons. The summed E-state index contributed by atoms with van der Waals surface area (Å²) in [5.41, 5.74) is 2.43. The third-order valence-electron chi connectivity index (χ3n) is 5.12. The Balaban J connectivity index is 1.83. The lowest BCUT2D eigenvalue weighted by atomic mass is 10.1. The first-order valence-corrected chi connectivity index (χ1v) is 11.7. The second-order valence-electron chi connectivity index (χ2n) is 7.29. The smallest absolute Gasteiger partial charge is 0.338 e. The van der Waals surface area contributed by atoms with E-state index in [0.717, 1.165) is 10.2 Å². The summed E-state index contributed by atoms with van der Waals surface area (Å²) in [5.74, 6) is -0.560.